The van der Waals surface area contributed by atoms with E-state index < -0.39 is 0 Å². The first-order valence-electron chi connectivity index (χ1n) is 10.8. The van der Waals surface area contributed by atoms with Crippen LogP contribution in [0.4, 0.5) is 0 Å². The quantitative estimate of drug-likeness (QED) is 0.663. The first kappa shape index (κ1) is 20.9. The highest BCUT2D eigenvalue weighted by Gasteiger charge is 2.26. The number of carbonyl (C=O) groups is 2. The van der Waals surface area contributed by atoms with Crippen molar-refractivity contribution in [2.75, 3.05) is 19.7 Å². The molecular weight excluding hydrogens is 392 g/mol. The molecule has 7 nitrogen and oxygen atoms in total. The number of imidazole rings is 1. The van der Waals surface area contributed by atoms with E-state index in [2.05, 4.69) is 10.3 Å². The highest BCUT2D eigenvalue weighted by atomic mass is 16.5. The SMILES string of the molecule is CCOc1ccc(C(=O)N2CCC(NC(=O)C(C)n3cnc4ccccc43)CC2)cc1. The smallest absolute Gasteiger partial charge is 0.253 e. The number of rotatable bonds is 6. The van der Waals surface area contributed by atoms with Gasteiger partial charge in [0.05, 0.1) is 24.0 Å². The molecule has 1 fully saturated rings. The van der Waals surface area contributed by atoms with Gasteiger partial charge in [-0.15, -0.1) is 0 Å². The van der Waals surface area contributed by atoms with Crippen LogP contribution in [0.2, 0.25) is 0 Å². The monoisotopic (exact) mass is 420 g/mol. The number of benzene rings is 2. The van der Waals surface area contributed by atoms with E-state index in [1.165, 1.54) is 0 Å². The molecule has 0 aliphatic carbocycles. The lowest BCUT2D eigenvalue weighted by atomic mass is 10.0. The van der Waals surface area contributed by atoms with E-state index in [0.29, 0.717) is 25.3 Å². The molecule has 1 aliphatic heterocycles. The van der Waals surface area contributed by atoms with Gasteiger partial charge in [-0.2, -0.15) is 0 Å². The Labute approximate surface area is 182 Å². The lowest BCUT2D eigenvalue weighted by molar-refractivity contribution is -0.124. The van der Waals surface area contributed by atoms with Crippen LogP contribution in [0.5, 0.6) is 5.75 Å². The molecule has 31 heavy (non-hydrogen) atoms. The van der Waals surface area contributed by atoms with E-state index in [9.17, 15) is 9.59 Å². The molecule has 1 aromatic heterocycles. The van der Waals surface area contributed by atoms with Gasteiger partial charge in [0.15, 0.2) is 0 Å². The summed E-state index contributed by atoms with van der Waals surface area (Å²) in [6, 6.07) is 14.8. The lowest BCUT2D eigenvalue weighted by Gasteiger charge is -2.33. The number of aromatic nitrogens is 2. The predicted octanol–water partition coefficient (Wildman–Crippen LogP) is 3.42. The van der Waals surface area contributed by atoms with Crippen LogP contribution >= 0.6 is 0 Å². The van der Waals surface area contributed by atoms with E-state index in [1.807, 2.05) is 59.7 Å². The van der Waals surface area contributed by atoms with Crippen LogP contribution in [0.3, 0.4) is 0 Å². The maximum atomic E-state index is 12.8. The zero-order valence-corrected chi connectivity index (χ0v) is 18.0. The number of nitrogens with one attached hydrogen (secondary N) is 1. The molecule has 7 heteroatoms. The number of nitrogens with zero attached hydrogens (tertiary/aromatic N) is 3. The Morgan fingerprint density at radius 1 is 1.13 bits per heavy atom. The van der Waals surface area contributed by atoms with Crippen LogP contribution in [-0.4, -0.2) is 52.0 Å². The van der Waals surface area contributed by atoms with Gasteiger partial charge in [0.25, 0.3) is 5.91 Å². The van der Waals surface area contributed by atoms with Crippen LogP contribution < -0.4 is 10.1 Å². The summed E-state index contributed by atoms with van der Waals surface area (Å²) in [5, 5.41) is 3.15. The molecular formula is C24H28N4O3. The van der Waals surface area contributed by atoms with Crippen LogP contribution in [-0.2, 0) is 4.79 Å². The molecule has 0 radical (unpaired) electrons. The Hall–Kier alpha value is -3.35. The number of amides is 2. The van der Waals surface area contributed by atoms with Gasteiger partial charge in [0, 0.05) is 24.7 Å². The third-order valence-corrected chi connectivity index (χ3v) is 5.82. The Kier molecular flexibility index (Phi) is 6.21. The Balaban J connectivity index is 1.31. The summed E-state index contributed by atoms with van der Waals surface area (Å²) >= 11 is 0. The van der Waals surface area contributed by atoms with E-state index in [-0.39, 0.29) is 23.9 Å². The van der Waals surface area contributed by atoms with Crippen molar-refractivity contribution in [3.8, 4) is 5.75 Å². The number of fused-ring (bicyclic) bond motifs is 1. The van der Waals surface area contributed by atoms with Crippen molar-refractivity contribution < 1.29 is 14.3 Å². The molecule has 1 N–H and O–H groups in total. The highest BCUT2D eigenvalue weighted by molar-refractivity contribution is 5.94. The Morgan fingerprint density at radius 2 is 1.84 bits per heavy atom. The van der Waals surface area contributed by atoms with Gasteiger partial charge in [-0.1, -0.05) is 12.1 Å². The molecule has 1 aliphatic rings. The zero-order valence-electron chi connectivity index (χ0n) is 18.0. The van der Waals surface area contributed by atoms with Gasteiger partial charge >= 0.3 is 0 Å². The van der Waals surface area contributed by atoms with Crippen LogP contribution in [0, 0.1) is 0 Å². The molecule has 3 aromatic rings. The summed E-state index contributed by atoms with van der Waals surface area (Å²) in [5.41, 5.74) is 2.48. The molecule has 2 heterocycles. The standard InChI is InChI=1S/C24H28N4O3/c1-3-31-20-10-8-18(9-11-20)24(30)27-14-12-19(13-15-27)26-23(29)17(2)28-16-25-21-6-4-5-7-22(21)28/h4-11,16-17,19H,3,12-15H2,1-2H3,(H,26,29). The maximum absolute atomic E-state index is 12.8. The van der Waals surface area contributed by atoms with E-state index in [4.69, 9.17) is 4.74 Å². The van der Waals surface area contributed by atoms with Crippen molar-refractivity contribution in [2.45, 2.75) is 38.8 Å². The van der Waals surface area contributed by atoms with E-state index in [1.54, 1.807) is 18.5 Å². The molecule has 162 valence electrons. The van der Waals surface area contributed by atoms with E-state index >= 15 is 0 Å². The fourth-order valence-electron chi connectivity index (χ4n) is 4.00. The third-order valence-electron chi connectivity index (χ3n) is 5.82. The highest BCUT2D eigenvalue weighted by Crippen LogP contribution is 2.20. The number of carbonyl (C=O) groups excluding carboxylic acids is 2. The second-order valence-electron chi connectivity index (χ2n) is 7.85. The number of para-hydroxylation sites is 2. The largest absolute Gasteiger partial charge is 0.494 e. The zero-order chi connectivity index (χ0) is 21.8. The van der Waals surface area contributed by atoms with Crippen molar-refractivity contribution in [3.05, 3.63) is 60.4 Å². The number of hydrogen-bond donors (Lipinski definition) is 1. The first-order chi connectivity index (χ1) is 15.1. The van der Waals surface area contributed by atoms with Crippen molar-refractivity contribution in [1.82, 2.24) is 19.8 Å². The lowest BCUT2D eigenvalue weighted by Crippen LogP contribution is -2.47. The van der Waals surface area contributed by atoms with Gasteiger partial charge in [0.2, 0.25) is 5.91 Å². The summed E-state index contributed by atoms with van der Waals surface area (Å²) in [6.45, 7) is 5.66. The number of ether oxygens (including phenoxy) is 1. The molecule has 1 atom stereocenters. The Bertz CT molecular complexity index is 1050. The summed E-state index contributed by atoms with van der Waals surface area (Å²) in [6.07, 6.45) is 3.20. The van der Waals surface area contributed by atoms with Crippen molar-refractivity contribution in [3.63, 3.8) is 0 Å². The van der Waals surface area contributed by atoms with Crippen molar-refractivity contribution >= 4 is 22.8 Å². The second kappa shape index (κ2) is 9.20. The van der Waals surface area contributed by atoms with Gasteiger partial charge in [0.1, 0.15) is 11.8 Å². The van der Waals surface area contributed by atoms with Crippen LogP contribution in [0.25, 0.3) is 11.0 Å². The van der Waals surface area contributed by atoms with Crippen molar-refractivity contribution in [1.29, 1.82) is 0 Å². The number of likely N-dealkylation sites (tertiary alicyclic amines) is 1. The first-order valence-corrected chi connectivity index (χ1v) is 10.8. The summed E-state index contributed by atoms with van der Waals surface area (Å²) in [7, 11) is 0. The van der Waals surface area contributed by atoms with Gasteiger partial charge in [-0.3, -0.25) is 9.59 Å². The van der Waals surface area contributed by atoms with E-state index in [0.717, 1.165) is 29.6 Å². The fourth-order valence-corrected chi connectivity index (χ4v) is 4.00. The normalized spacial score (nSPS) is 15.6. The third kappa shape index (κ3) is 4.55. The molecule has 0 bridgehead atoms. The van der Waals surface area contributed by atoms with Crippen LogP contribution in [0.15, 0.2) is 54.9 Å². The number of hydrogen-bond acceptors (Lipinski definition) is 4. The minimum atomic E-state index is -0.351. The summed E-state index contributed by atoms with van der Waals surface area (Å²) in [4.78, 5) is 31.8. The molecule has 1 saturated heterocycles. The average molecular weight is 421 g/mol. The maximum Gasteiger partial charge on any atom is 0.253 e. The summed E-state index contributed by atoms with van der Waals surface area (Å²) in [5.74, 6) is 0.755. The molecule has 4 rings (SSSR count). The second-order valence-corrected chi connectivity index (χ2v) is 7.85. The van der Waals surface area contributed by atoms with Crippen LogP contribution in [0.1, 0.15) is 43.1 Å². The molecule has 2 amide bonds. The molecule has 2 aromatic carbocycles. The Morgan fingerprint density at radius 3 is 2.55 bits per heavy atom. The molecule has 0 saturated carbocycles. The van der Waals surface area contributed by atoms with Gasteiger partial charge in [-0.25, -0.2) is 4.98 Å². The minimum absolute atomic E-state index is 0.0195. The molecule has 0 spiro atoms. The minimum Gasteiger partial charge on any atom is -0.494 e. The molecule has 1 unspecified atom stereocenters. The van der Waals surface area contributed by atoms with Crippen molar-refractivity contribution in [2.24, 2.45) is 0 Å². The van der Waals surface area contributed by atoms with Gasteiger partial charge in [-0.05, 0) is 63.1 Å². The average Bonchev–Trinajstić information content (AvgIpc) is 3.23. The topological polar surface area (TPSA) is 76.5 Å². The van der Waals surface area contributed by atoms with Gasteiger partial charge < -0.3 is 19.5 Å². The number of piperidine rings is 1. The predicted molar refractivity (Wildman–Crippen MR) is 119 cm³/mol. The fraction of sp³-hybridized carbons (Fsp3) is 0.375. The summed E-state index contributed by atoms with van der Waals surface area (Å²) < 4.78 is 7.33.